The first kappa shape index (κ1) is 22.1. The van der Waals surface area contributed by atoms with Crippen LogP contribution in [0.3, 0.4) is 0 Å². The van der Waals surface area contributed by atoms with E-state index >= 15 is 0 Å². The van der Waals surface area contributed by atoms with Gasteiger partial charge in [0.05, 0.1) is 13.2 Å². The third-order valence-corrected chi connectivity index (χ3v) is 5.77. The van der Waals surface area contributed by atoms with E-state index in [2.05, 4.69) is 4.74 Å². The Labute approximate surface area is 166 Å². The van der Waals surface area contributed by atoms with Gasteiger partial charge in [-0.05, 0) is 17.9 Å². The molecule has 0 aliphatic heterocycles. The molecule has 0 saturated heterocycles. The molecule has 0 aliphatic rings. The van der Waals surface area contributed by atoms with Gasteiger partial charge in [0.2, 0.25) is 5.09 Å². The van der Waals surface area contributed by atoms with Crippen LogP contribution in [-0.2, 0) is 14.8 Å². The first-order chi connectivity index (χ1) is 13.0. The lowest BCUT2D eigenvalue weighted by Gasteiger charge is -2.30. The Balaban J connectivity index is 2.40. The molecular formula is C20H27NO6S. The predicted molar refractivity (Wildman–Crippen MR) is 104 cm³/mol. The minimum Gasteiger partial charge on any atom is -0.465 e. The number of hydrogen-bond acceptors (Lipinski definition) is 6. The molecule has 2 rings (SSSR count). The standard InChI is InChI=1S/C20H27NO6S/c1-14-16(19(23)26-5)11-18(27-14)28(24,25)21(13-20(2,3)4)12-17(22)15-9-7-6-8-10-15/h6-11,17,22H,12-13H2,1-5H3. The van der Waals surface area contributed by atoms with E-state index in [-0.39, 0.29) is 34.9 Å². The highest BCUT2D eigenvalue weighted by atomic mass is 32.2. The number of benzene rings is 1. The summed E-state index contributed by atoms with van der Waals surface area (Å²) in [5.41, 5.74) is 0.305. The summed E-state index contributed by atoms with van der Waals surface area (Å²) < 4.78 is 37.7. The number of nitrogens with zero attached hydrogens (tertiary/aromatic N) is 1. The van der Waals surface area contributed by atoms with Gasteiger partial charge in [-0.3, -0.25) is 0 Å². The SMILES string of the molecule is COC(=O)c1cc(S(=O)(=O)N(CC(O)c2ccccc2)CC(C)(C)C)oc1C. The average molecular weight is 410 g/mol. The van der Waals surface area contributed by atoms with Crippen LogP contribution < -0.4 is 0 Å². The summed E-state index contributed by atoms with van der Waals surface area (Å²) in [5, 5.41) is 10.2. The van der Waals surface area contributed by atoms with Gasteiger partial charge in [0, 0.05) is 19.2 Å². The Kier molecular flexibility index (Phi) is 6.69. The second kappa shape index (κ2) is 8.46. The van der Waals surface area contributed by atoms with E-state index in [0.717, 1.165) is 0 Å². The van der Waals surface area contributed by atoms with E-state index in [1.54, 1.807) is 24.3 Å². The number of sulfonamides is 1. The summed E-state index contributed by atoms with van der Waals surface area (Å²) in [5.74, 6) is -0.515. The molecule has 0 aliphatic carbocycles. The fourth-order valence-electron chi connectivity index (χ4n) is 2.77. The number of furan rings is 1. The van der Waals surface area contributed by atoms with Gasteiger partial charge in [-0.25, -0.2) is 13.2 Å². The van der Waals surface area contributed by atoms with Crippen LogP contribution in [0.2, 0.25) is 0 Å². The third-order valence-electron chi connectivity index (χ3n) is 4.11. The van der Waals surface area contributed by atoms with Gasteiger partial charge in [0.1, 0.15) is 11.3 Å². The molecule has 1 heterocycles. The van der Waals surface area contributed by atoms with Crippen LogP contribution in [0.25, 0.3) is 0 Å². The molecule has 0 radical (unpaired) electrons. The predicted octanol–water partition coefficient (Wildman–Crippen LogP) is 3.15. The molecule has 0 bridgehead atoms. The molecule has 1 aromatic heterocycles. The Morgan fingerprint density at radius 1 is 1.25 bits per heavy atom. The van der Waals surface area contributed by atoms with Crippen LogP contribution in [0, 0.1) is 12.3 Å². The molecule has 154 valence electrons. The van der Waals surface area contributed by atoms with Gasteiger partial charge in [-0.15, -0.1) is 0 Å². The van der Waals surface area contributed by atoms with E-state index in [9.17, 15) is 18.3 Å². The largest absolute Gasteiger partial charge is 0.465 e. The molecule has 1 unspecified atom stereocenters. The maximum atomic E-state index is 13.2. The van der Waals surface area contributed by atoms with Gasteiger partial charge in [0.15, 0.2) is 0 Å². The molecule has 7 nitrogen and oxygen atoms in total. The molecular weight excluding hydrogens is 382 g/mol. The lowest BCUT2D eigenvalue weighted by atomic mass is 9.97. The number of carbonyl (C=O) groups excluding carboxylic acids is 1. The number of hydrogen-bond donors (Lipinski definition) is 1. The maximum Gasteiger partial charge on any atom is 0.341 e. The number of aliphatic hydroxyl groups is 1. The fraction of sp³-hybridized carbons (Fsp3) is 0.450. The van der Waals surface area contributed by atoms with Crippen molar-refractivity contribution in [2.45, 2.75) is 38.9 Å². The average Bonchev–Trinajstić information content (AvgIpc) is 3.02. The molecule has 1 N–H and O–H groups in total. The van der Waals surface area contributed by atoms with Crippen molar-refractivity contribution in [3.63, 3.8) is 0 Å². The molecule has 1 atom stereocenters. The van der Waals surface area contributed by atoms with E-state index in [1.807, 2.05) is 26.8 Å². The summed E-state index contributed by atoms with van der Waals surface area (Å²) in [4.78, 5) is 11.8. The summed E-state index contributed by atoms with van der Waals surface area (Å²) in [6.45, 7) is 7.22. The number of methoxy groups -OCH3 is 1. The summed E-state index contributed by atoms with van der Waals surface area (Å²) in [7, 11) is -2.87. The summed E-state index contributed by atoms with van der Waals surface area (Å²) in [6, 6.07) is 10.0. The monoisotopic (exact) mass is 409 g/mol. The van der Waals surface area contributed by atoms with Gasteiger partial charge >= 0.3 is 5.97 Å². The van der Waals surface area contributed by atoms with Crippen molar-refractivity contribution in [1.29, 1.82) is 0 Å². The van der Waals surface area contributed by atoms with Crippen molar-refractivity contribution >= 4 is 16.0 Å². The Bertz CT molecular complexity index is 912. The van der Waals surface area contributed by atoms with Crippen molar-refractivity contribution in [3.05, 3.63) is 53.3 Å². The van der Waals surface area contributed by atoms with Crippen LogP contribution in [-0.4, -0.2) is 44.0 Å². The first-order valence-electron chi connectivity index (χ1n) is 8.87. The van der Waals surface area contributed by atoms with E-state index in [1.165, 1.54) is 24.4 Å². The number of aliphatic hydroxyl groups excluding tert-OH is 1. The molecule has 8 heteroatoms. The topological polar surface area (TPSA) is 97.1 Å². The Hall–Kier alpha value is -2.16. The number of carbonyl (C=O) groups is 1. The number of rotatable bonds is 7. The highest BCUT2D eigenvalue weighted by molar-refractivity contribution is 7.89. The lowest BCUT2D eigenvalue weighted by Crippen LogP contribution is -2.40. The van der Waals surface area contributed by atoms with Crippen molar-refractivity contribution in [3.8, 4) is 0 Å². The van der Waals surface area contributed by atoms with Gasteiger partial charge in [-0.2, -0.15) is 4.31 Å². The Morgan fingerprint density at radius 3 is 2.39 bits per heavy atom. The lowest BCUT2D eigenvalue weighted by molar-refractivity contribution is 0.0598. The summed E-state index contributed by atoms with van der Waals surface area (Å²) in [6.07, 6.45) is -1.01. The second-order valence-electron chi connectivity index (χ2n) is 7.81. The first-order valence-corrected chi connectivity index (χ1v) is 10.3. The third kappa shape index (κ3) is 5.21. The number of aryl methyl sites for hydroxylation is 1. The van der Waals surface area contributed by atoms with Crippen molar-refractivity contribution in [2.75, 3.05) is 20.2 Å². The van der Waals surface area contributed by atoms with Gasteiger partial charge in [0.25, 0.3) is 10.0 Å². The molecule has 0 fully saturated rings. The normalized spacial score (nSPS) is 13.5. The van der Waals surface area contributed by atoms with Crippen LogP contribution in [0.15, 0.2) is 45.9 Å². The number of esters is 1. The van der Waals surface area contributed by atoms with E-state index in [4.69, 9.17) is 4.42 Å². The highest BCUT2D eigenvalue weighted by Gasteiger charge is 2.34. The molecule has 0 saturated carbocycles. The fourth-order valence-corrected chi connectivity index (χ4v) is 4.42. The van der Waals surface area contributed by atoms with Crippen LogP contribution in [0.4, 0.5) is 0 Å². The van der Waals surface area contributed by atoms with Crippen molar-refractivity contribution in [1.82, 2.24) is 4.31 Å². The van der Waals surface area contributed by atoms with Crippen molar-refractivity contribution < 1.29 is 27.5 Å². The smallest absolute Gasteiger partial charge is 0.341 e. The van der Waals surface area contributed by atoms with Crippen LogP contribution >= 0.6 is 0 Å². The second-order valence-corrected chi connectivity index (χ2v) is 9.68. The van der Waals surface area contributed by atoms with Crippen molar-refractivity contribution in [2.24, 2.45) is 5.41 Å². The van der Waals surface area contributed by atoms with Crippen LogP contribution in [0.5, 0.6) is 0 Å². The molecule has 28 heavy (non-hydrogen) atoms. The molecule has 2 aromatic rings. The molecule has 0 amide bonds. The molecule has 0 spiro atoms. The van der Waals surface area contributed by atoms with Crippen LogP contribution in [0.1, 0.15) is 48.6 Å². The number of ether oxygens (including phenoxy) is 1. The van der Waals surface area contributed by atoms with E-state index in [0.29, 0.717) is 5.56 Å². The zero-order valence-corrected chi connectivity index (χ0v) is 17.6. The quantitative estimate of drug-likeness (QED) is 0.706. The minimum atomic E-state index is -4.08. The van der Waals surface area contributed by atoms with E-state index < -0.39 is 22.1 Å². The Morgan fingerprint density at radius 2 is 1.86 bits per heavy atom. The minimum absolute atomic E-state index is 0.0559. The zero-order chi connectivity index (χ0) is 21.1. The highest BCUT2D eigenvalue weighted by Crippen LogP contribution is 2.28. The van der Waals surface area contributed by atoms with Gasteiger partial charge in [-0.1, -0.05) is 51.1 Å². The summed E-state index contributed by atoms with van der Waals surface area (Å²) >= 11 is 0. The van der Waals surface area contributed by atoms with Gasteiger partial charge < -0.3 is 14.3 Å². The maximum absolute atomic E-state index is 13.2. The molecule has 1 aromatic carbocycles. The zero-order valence-electron chi connectivity index (χ0n) is 16.8.